The van der Waals surface area contributed by atoms with Crippen LogP contribution in [0.25, 0.3) is 0 Å². The van der Waals surface area contributed by atoms with Gasteiger partial charge in [-0.15, -0.1) is 0 Å². The van der Waals surface area contributed by atoms with Crippen LogP contribution in [0.15, 0.2) is 0 Å². The molecule has 0 aromatic carbocycles. The number of piperazine rings is 1. The van der Waals surface area contributed by atoms with Crippen LogP contribution in [0.3, 0.4) is 0 Å². The third kappa shape index (κ3) is 2.49. The van der Waals surface area contributed by atoms with Gasteiger partial charge in [-0.1, -0.05) is 33.1 Å². The smallest absolute Gasteiger partial charge is 0.248 e. The van der Waals surface area contributed by atoms with Gasteiger partial charge in [0.1, 0.15) is 11.6 Å². The van der Waals surface area contributed by atoms with Crippen molar-refractivity contribution in [1.82, 2.24) is 10.2 Å². The van der Waals surface area contributed by atoms with Crippen LogP contribution >= 0.6 is 0 Å². The fraction of sp³-hybridized carbons (Fsp3) is 0.867. The van der Waals surface area contributed by atoms with Crippen LogP contribution in [-0.4, -0.2) is 34.3 Å². The van der Waals surface area contributed by atoms with Crippen LogP contribution < -0.4 is 5.32 Å². The minimum atomic E-state index is -0.708. The molecule has 0 aromatic heterocycles. The molecule has 2 aliphatic rings. The van der Waals surface area contributed by atoms with Gasteiger partial charge in [0.15, 0.2) is 0 Å². The topological polar surface area (TPSA) is 49.4 Å². The van der Waals surface area contributed by atoms with Crippen molar-refractivity contribution in [2.45, 2.75) is 83.3 Å². The molecule has 0 aromatic rings. The summed E-state index contributed by atoms with van der Waals surface area (Å²) < 4.78 is 0. The molecule has 19 heavy (non-hydrogen) atoms. The number of nitrogens with zero attached hydrogens (tertiary/aromatic N) is 1. The molecule has 1 heterocycles. The Morgan fingerprint density at radius 3 is 2.37 bits per heavy atom. The van der Waals surface area contributed by atoms with Crippen molar-refractivity contribution in [2.24, 2.45) is 0 Å². The monoisotopic (exact) mass is 266 g/mol. The van der Waals surface area contributed by atoms with E-state index in [1.165, 1.54) is 19.3 Å². The summed E-state index contributed by atoms with van der Waals surface area (Å²) in [5.74, 6) is 0.144. The summed E-state index contributed by atoms with van der Waals surface area (Å²) in [5, 5.41) is 2.93. The summed E-state index contributed by atoms with van der Waals surface area (Å²) in [6.07, 6.45) is 7.06. The van der Waals surface area contributed by atoms with Gasteiger partial charge in [-0.05, 0) is 32.6 Å². The SMILES string of the molecule is CCC1C(=O)NC(C)(CC)C(=O)N1C1CCCCC1. The summed E-state index contributed by atoms with van der Waals surface area (Å²) in [5.41, 5.74) is -0.708. The predicted molar refractivity (Wildman–Crippen MR) is 74.6 cm³/mol. The van der Waals surface area contributed by atoms with Crippen molar-refractivity contribution in [2.75, 3.05) is 0 Å². The van der Waals surface area contributed by atoms with Gasteiger partial charge < -0.3 is 10.2 Å². The number of hydrogen-bond acceptors (Lipinski definition) is 2. The molecule has 2 fully saturated rings. The maximum Gasteiger partial charge on any atom is 0.248 e. The predicted octanol–water partition coefficient (Wildman–Crippen LogP) is 2.22. The molecule has 0 bridgehead atoms. The Morgan fingerprint density at radius 2 is 1.84 bits per heavy atom. The summed E-state index contributed by atoms with van der Waals surface area (Å²) in [4.78, 5) is 27.0. The van der Waals surface area contributed by atoms with E-state index in [0.29, 0.717) is 12.8 Å². The molecule has 1 aliphatic heterocycles. The molecule has 2 rings (SSSR count). The van der Waals surface area contributed by atoms with Gasteiger partial charge in [-0.3, -0.25) is 9.59 Å². The third-order valence-corrected chi connectivity index (χ3v) is 4.81. The summed E-state index contributed by atoms with van der Waals surface area (Å²) in [6, 6.07) is -0.00153. The van der Waals surface area contributed by atoms with Gasteiger partial charge in [0.05, 0.1) is 0 Å². The van der Waals surface area contributed by atoms with Crippen molar-refractivity contribution in [1.29, 1.82) is 0 Å². The van der Waals surface area contributed by atoms with E-state index in [-0.39, 0.29) is 23.9 Å². The lowest BCUT2D eigenvalue weighted by Crippen LogP contribution is -2.70. The first-order valence-corrected chi connectivity index (χ1v) is 7.68. The minimum Gasteiger partial charge on any atom is -0.340 e. The van der Waals surface area contributed by atoms with E-state index in [9.17, 15) is 9.59 Å². The third-order valence-electron chi connectivity index (χ3n) is 4.81. The Morgan fingerprint density at radius 1 is 1.21 bits per heavy atom. The Labute approximate surface area is 115 Å². The summed E-state index contributed by atoms with van der Waals surface area (Å²) >= 11 is 0. The van der Waals surface area contributed by atoms with Crippen molar-refractivity contribution in [3.8, 4) is 0 Å². The molecule has 0 spiro atoms. The van der Waals surface area contributed by atoms with Crippen LogP contribution in [0.5, 0.6) is 0 Å². The number of rotatable bonds is 3. The van der Waals surface area contributed by atoms with E-state index in [1.54, 1.807) is 0 Å². The largest absolute Gasteiger partial charge is 0.340 e. The highest BCUT2D eigenvalue weighted by Crippen LogP contribution is 2.31. The Bertz CT molecular complexity index is 363. The number of hydrogen-bond donors (Lipinski definition) is 1. The maximum atomic E-state index is 12.8. The van der Waals surface area contributed by atoms with E-state index in [1.807, 2.05) is 25.7 Å². The van der Waals surface area contributed by atoms with Crippen molar-refractivity contribution in [3.63, 3.8) is 0 Å². The van der Waals surface area contributed by atoms with Crippen LogP contribution in [0.2, 0.25) is 0 Å². The van der Waals surface area contributed by atoms with E-state index in [0.717, 1.165) is 12.8 Å². The molecule has 1 saturated heterocycles. The van der Waals surface area contributed by atoms with Crippen molar-refractivity contribution >= 4 is 11.8 Å². The lowest BCUT2D eigenvalue weighted by atomic mass is 9.86. The normalized spacial score (nSPS) is 33.4. The zero-order valence-corrected chi connectivity index (χ0v) is 12.4. The second kappa shape index (κ2) is 5.51. The lowest BCUT2D eigenvalue weighted by Gasteiger charge is -2.48. The van der Waals surface area contributed by atoms with Crippen LogP contribution in [0.4, 0.5) is 0 Å². The van der Waals surface area contributed by atoms with Crippen LogP contribution in [-0.2, 0) is 9.59 Å². The van der Waals surface area contributed by atoms with Gasteiger partial charge >= 0.3 is 0 Å². The standard InChI is InChI=1S/C15H26N2O2/c1-4-12-13(18)16-15(3,5-2)14(19)17(12)11-9-7-6-8-10-11/h11-12H,4-10H2,1-3H3,(H,16,18). The first-order chi connectivity index (χ1) is 9.03. The molecule has 1 saturated carbocycles. The van der Waals surface area contributed by atoms with Gasteiger partial charge in [0.25, 0.3) is 0 Å². The fourth-order valence-electron chi connectivity index (χ4n) is 3.36. The minimum absolute atomic E-state index is 0.0250. The zero-order valence-electron chi connectivity index (χ0n) is 12.4. The molecule has 2 amide bonds. The molecule has 4 heteroatoms. The van der Waals surface area contributed by atoms with E-state index in [2.05, 4.69) is 5.32 Å². The van der Waals surface area contributed by atoms with Crippen LogP contribution in [0, 0.1) is 0 Å². The van der Waals surface area contributed by atoms with Crippen molar-refractivity contribution in [3.05, 3.63) is 0 Å². The maximum absolute atomic E-state index is 12.8. The average molecular weight is 266 g/mol. The molecule has 108 valence electrons. The first-order valence-electron chi connectivity index (χ1n) is 7.68. The average Bonchev–Trinajstić information content (AvgIpc) is 2.43. The highest BCUT2D eigenvalue weighted by atomic mass is 16.2. The quantitative estimate of drug-likeness (QED) is 0.851. The van der Waals surface area contributed by atoms with Gasteiger partial charge in [0, 0.05) is 6.04 Å². The molecular weight excluding hydrogens is 240 g/mol. The second-order valence-corrected chi connectivity index (χ2v) is 6.10. The molecule has 0 radical (unpaired) electrons. The number of amides is 2. The van der Waals surface area contributed by atoms with E-state index in [4.69, 9.17) is 0 Å². The molecular formula is C15H26N2O2. The Balaban J connectivity index is 2.28. The van der Waals surface area contributed by atoms with E-state index < -0.39 is 5.54 Å². The number of carbonyl (C=O) groups is 2. The zero-order chi connectivity index (χ0) is 14.0. The Hall–Kier alpha value is -1.06. The van der Waals surface area contributed by atoms with Gasteiger partial charge in [-0.25, -0.2) is 0 Å². The molecule has 4 nitrogen and oxygen atoms in total. The van der Waals surface area contributed by atoms with Gasteiger partial charge in [-0.2, -0.15) is 0 Å². The van der Waals surface area contributed by atoms with E-state index >= 15 is 0 Å². The van der Waals surface area contributed by atoms with Crippen molar-refractivity contribution < 1.29 is 9.59 Å². The molecule has 1 N–H and O–H groups in total. The summed E-state index contributed by atoms with van der Waals surface area (Å²) in [7, 11) is 0. The highest BCUT2D eigenvalue weighted by molar-refractivity contribution is 5.99. The molecule has 2 unspecified atom stereocenters. The fourth-order valence-corrected chi connectivity index (χ4v) is 3.36. The summed E-state index contributed by atoms with van der Waals surface area (Å²) in [6.45, 7) is 5.81. The number of nitrogens with one attached hydrogen (secondary N) is 1. The molecule has 1 aliphatic carbocycles. The second-order valence-electron chi connectivity index (χ2n) is 6.10. The molecule has 2 atom stereocenters. The van der Waals surface area contributed by atoms with Crippen LogP contribution in [0.1, 0.15) is 65.7 Å². The lowest BCUT2D eigenvalue weighted by molar-refractivity contribution is -0.158. The highest BCUT2D eigenvalue weighted by Gasteiger charge is 2.48. The number of carbonyl (C=O) groups excluding carboxylic acids is 2. The van der Waals surface area contributed by atoms with Gasteiger partial charge in [0.2, 0.25) is 11.8 Å². The first kappa shape index (κ1) is 14.4. The Kier molecular flexibility index (Phi) is 4.16.